The molecule has 2 aromatic rings. The summed E-state index contributed by atoms with van der Waals surface area (Å²) in [6, 6.07) is 6.45. The van der Waals surface area contributed by atoms with Crippen LogP contribution in [-0.2, 0) is 0 Å². The molecule has 2 heterocycles. The van der Waals surface area contributed by atoms with Crippen molar-refractivity contribution < 1.29 is 4.79 Å². The highest BCUT2D eigenvalue weighted by molar-refractivity contribution is 5.92. The number of H-pyrrole nitrogens is 1. The van der Waals surface area contributed by atoms with Gasteiger partial charge in [0.05, 0.1) is 11.7 Å². The summed E-state index contributed by atoms with van der Waals surface area (Å²) in [4.78, 5) is 31.0. The van der Waals surface area contributed by atoms with Crippen molar-refractivity contribution in [3.05, 3.63) is 63.3 Å². The first kappa shape index (κ1) is 15.0. The predicted molar refractivity (Wildman–Crippen MR) is 81.3 cm³/mol. The zero-order valence-corrected chi connectivity index (χ0v) is 12.4. The van der Waals surface area contributed by atoms with Crippen molar-refractivity contribution in [2.45, 2.75) is 33.2 Å². The smallest absolute Gasteiger partial charge is 0.268 e. The molecule has 2 N–H and O–H groups in total. The van der Waals surface area contributed by atoms with E-state index in [2.05, 4.69) is 15.3 Å². The zero-order valence-electron chi connectivity index (χ0n) is 12.4. The number of nitrogens with one attached hydrogen (secondary N) is 2. The van der Waals surface area contributed by atoms with Crippen LogP contribution in [0.2, 0.25) is 0 Å². The van der Waals surface area contributed by atoms with Gasteiger partial charge in [-0.25, -0.2) is 0 Å². The highest BCUT2D eigenvalue weighted by Crippen LogP contribution is 2.14. The topological polar surface area (TPSA) is 74.8 Å². The van der Waals surface area contributed by atoms with Gasteiger partial charge in [-0.3, -0.25) is 14.6 Å². The lowest BCUT2D eigenvalue weighted by molar-refractivity contribution is 0.0929. The largest absolute Gasteiger partial charge is 0.354 e. The van der Waals surface area contributed by atoms with E-state index in [1.807, 2.05) is 26.0 Å². The van der Waals surface area contributed by atoms with Gasteiger partial charge in [0.1, 0.15) is 5.69 Å². The number of pyridine rings is 2. The van der Waals surface area contributed by atoms with Crippen LogP contribution in [0.15, 0.2) is 35.3 Å². The van der Waals surface area contributed by atoms with E-state index in [1.54, 1.807) is 13.1 Å². The van der Waals surface area contributed by atoms with Gasteiger partial charge in [-0.05, 0) is 31.9 Å². The molecule has 5 nitrogen and oxygen atoms in total. The molecule has 5 heteroatoms. The van der Waals surface area contributed by atoms with Gasteiger partial charge in [0, 0.05) is 24.0 Å². The van der Waals surface area contributed by atoms with E-state index in [1.165, 1.54) is 12.1 Å². The first-order valence-electron chi connectivity index (χ1n) is 6.94. The van der Waals surface area contributed by atoms with Crippen LogP contribution < -0.4 is 10.7 Å². The molecule has 1 unspecified atom stereocenters. The second-order valence-corrected chi connectivity index (χ2v) is 5.11. The van der Waals surface area contributed by atoms with Crippen molar-refractivity contribution in [1.29, 1.82) is 0 Å². The molecule has 0 saturated carbocycles. The fraction of sp³-hybridized carbons (Fsp3) is 0.312. The Morgan fingerprint density at radius 2 is 2.10 bits per heavy atom. The van der Waals surface area contributed by atoms with E-state index in [0.717, 1.165) is 17.7 Å². The SMILES string of the molecule is CCC(NC(=O)c1cc(=O)cc(C)[nH]1)c1ccc(C)cn1. The lowest BCUT2D eigenvalue weighted by Crippen LogP contribution is -2.30. The van der Waals surface area contributed by atoms with Gasteiger partial charge in [-0.2, -0.15) is 0 Å². The van der Waals surface area contributed by atoms with E-state index in [9.17, 15) is 9.59 Å². The minimum atomic E-state index is -0.301. The molecule has 2 aromatic heterocycles. The number of aromatic nitrogens is 2. The number of amides is 1. The summed E-state index contributed by atoms with van der Waals surface area (Å²) < 4.78 is 0. The molecule has 0 fully saturated rings. The number of carbonyl (C=O) groups is 1. The lowest BCUT2D eigenvalue weighted by atomic mass is 10.1. The second-order valence-electron chi connectivity index (χ2n) is 5.11. The van der Waals surface area contributed by atoms with E-state index >= 15 is 0 Å². The molecular formula is C16H19N3O2. The fourth-order valence-corrected chi connectivity index (χ4v) is 2.11. The average Bonchev–Trinajstić information content (AvgIpc) is 2.44. The summed E-state index contributed by atoms with van der Waals surface area (Å²) >= 11 is 0. The van der Waals surface area contributed by atoms with Crippen molar-refractivity contribution in [2.24, 2.45) is 0 Å². The molecular weight excluding hydrogens is 266 g/mol. The molecule has 0 bridgehead atoms. The minimum Gasteiger partial charge on any atom is -0.354 e. The van der Waals surface area contributed by atoms with Crippen LogP contribution in [0, 0.1) is 13.8 Å². The van der Waals surface area contributed by atoms with Crippen LogP contribution in [0.1, 0.15) is 46.8 Å². The predicted octanol–water partition coefficient (Wildman–Crippen LogP) is 2.27. The summed E-state index contributed by atoms with van der Waals surface area (Å²) in [7, 11) is 0. The van der Waals surface area contributed by atoms with Gasteiger partial charge in [0.25, 0.3) is 5.91 Å². The van der Waals surface area contributed by atoms with Gasteiger partial charge < -0.3 is 10.3 Å². The highest BCUT2D eigenvalue weighted by atomic mass is 16.2. The molecule has 0 aliphatic rings. The van der Waals surface area contributed by atoms with Crippen molar-refractivity contribution in [3.8, 4) is 0 Å². The zero-order chi connectivity index (χ0) is 15.4. The Morgan fingerprint density at radius 3 is 2.67 bits per heavy atom. The maximum atomic E-state index is 12.2. The molecule has 1 atom stereocenters. The van der Waals surface area contributed by atoms with Gasteiger partial charge in [0.2, 0.25) is 0 Å². The number of aryl methyl sites for hydroxylation is 2. The Hall–Kier alpha value is -2.43. The molecule has 0 aromatic carbocycles. The van der Waals surface area contributed by atoms with Gasteiger partial charge in [-0.1, -0.05) is 13.0 Å². The molecule has 0 radical (unpaired) electrons. The molecule has 0 saturated heterocycles. The van der Waals surface area contributed by atoms with E-state index in [0.29, 0.717) is 5.69 Å². The maximum Gasteiger partial charge on any atom is 0.268 e. The minimum absolute atomic E-state index is 0.179. The molecule has 21 heavy (non-hydrogen) atoms. The van der Waals surface area contributed by atoms with Crippen LogP contribution >= 0.6 is 0 Å². The maximum absolute atomic E-state index is 12.2. The van der Waals surface area contributed by atoms with E-state index in [-0.39, 0.29) is 23.1 Å². The highest BCUT2D eigenvalue weighted by Gasteiger charge is 2.16. The standard InChI is InChI=1S/C16H19N3O2/c1-4-13(14-6-5-10(2)9-17-14)19-16(21)15-8-12(20)7-11(3)18-15/h5-9,13H,4H2,1-3H3,(H,18,20)(H,19,21). The second kappa shape index (κ2) is 6.35. The third-order valence-electron chi connectivity index (χ3n) is 3.23. The van der Waals surface area contributed by atoms with E-state index < -0.39 is 0 Å². The lowest BCUT2D eigenvalue weighted by Gasteiger charge is -2.16. The molecule has 1 amide bonds. The van der Waals surface area contributed by atoms with Crippen molar-refractivity contribution in [1.82, 2.24) is 15.3 Å². The van der Waals surface area contributed by atoms with Gasteiger partial charge in [0.15, 0.2) is 5.43 Å². The van der Waals surface area contributed by atoms with Gasteiger partial charge in [-0.15, -0.1) is 0 Å². The fourth-order valence-electron chi connectivity index (χ4n) is 2.11. The number of aromatic amines is 1. The molecule has 0 aliphatic heterocycles. The van der Waals surface area contributed by atoms with Crippen LogP contribution in [0.3, 0.4) is 0 Å². The Bertz CT molecular complexity index is 689. The summed E-state index contributed by atoms with van der Waals surface area (Å²) in [6.45, 7) is 5.69. The third kappa shape index (κ3) is 3.78. The Kier molecular flexibility index (Phi) is 4.52. The Labute approximate surface area is 123 Å². The molecule has 0 spiro atoms. The summed E-state index contributed by atoms with van der Waals surface area (Å²) in [5.41, 5.74) is 2.63. The number of carbonyl (C=O) groups excluding carboxylic acids is 1. The van der Waals surface area contributed by atoms with Crippen LogP contribution in [0.25, 0.3) is 0 Å². The molecule has 2 rings (SSSR count). The van der Waals surface area contributed by atoms with Gasteiger partial charge >= 0.3 is 0 Å². The first-order valence-corrected chi connectivity index (χ1v) is 6.94. The monoisotopic (exact) mass is 285 g/mol. The number of hydrogen-bond acceptors (Lipinski definition) is 3. The molecule has 110 valence electrons. The number of rotatable bonds is 4. The van der Waals surface area contributed by atoms with Crippen molar-refractivity contribution in [2.75, 3.05) is 0 Å². The first-order chi connectivity index (χ1) is 9.99. The number of hydrogen-bond donors (Lipinski definition) is 2. The van der Waals surface area contributed by atoms with Crippen LogP contribution in [-0.4, -0.2) is 15.9 Å². The van der Waals surface area contributed by atoms with Crippen LogP contribution in [0.4, 0.5) is 0 Å². The summed E-state index contributed by atoms with van der Waals surface area (Å²) in [6.07, 6.45) is 2.50. The number of nitrogens with zero attached hydrogens (tertiary/aromatic N) is 1. The Morgan fingerprint density at radius 1 is 1.33 bits per heavy atom. The summed E-state index contributed by atoms with van der Waals surface area (Å²) in [5, 5.41) is 2.90. The summed E-state index contributed by atoms with van der Waals surface area (Å²) in [5.74, 6) is -0.301. The Balaban J connectivity index is 2.19. The molecule has 0 aliphatic carbocycles. The van der Waals surface area contributed by atoms with Crippen molar-refractivity contribution >= 4 is 5.91 Å². The normalized spacial score (nSPS) is 12.0. The quantitative estimate of drug-likeness (QED) is 0.905. The average molecular weight is 285 g/mol. The van der Waals surface area contributed by atoms with Crippen LogP contribution in [0.5, 0.6) is 0 Å². The third-order valence-corrected chi connectivity index (χ3v) is 3.23. The van der Waals surface area contributed by atoms with Crippen molar-refractivity contribution in [3.63, 3.8) is 0 Å². The van der Waals surface area contributed by atoms with E-state index in [4.69, 9.17) is 0 Å².